The number of nitrogens with zero attached hydrogens (tertiary/aromatic N) is 2. The van der Waals surface area contributed by atoms with Crippen LogP contribution in [0.5, 0.6) is 0 Å². The minimum Gasteiger partial charge on any atom is -0.311 e. The lowest BCUT2D eigenvalue weighted by atomic mass is 9.64. The largest absolute Gasteiger partial charge is 0.311 e. The van der Waals surface area contributed by atoms with Crippen LogP contribution in [0.3, 0.4) is 0 Å². The van der Waals surface area contributed by atoms with Crippen LogP contribution in [0.1, 0.15) is 22.3 Å². The maximum Gasteiger partial charge on any atom is 0.118 e. The van der Waals surface area contributed by atoms with Gasteiger partial charge in [-0.15, -0.1) is 0 Å². The van der Waals surface area contributed by atoms with Crippen molar-refractivity contribution in [1.29, 1.82) is 0 Å². The molecule has 0 atom stereocenters. The van der Waals surface area contributed by atoms with Crippen LogP contribution >= 0.6 is 0 Å². The van der Waals surface area contributed by atoms with E-state index in [2.05, 4.69) is 229 Å². The Labute approximate surface area is 351 Å². The van der Waals surface area contributed by atoms with Crippen LogP contribution in [-0.2, 0) is 5.41 Å². The molecule has 10 aromatic rings. The summed E-state index contributed by atoms with van der Waals surface area (Å²) in [6.45, 7) is 5.16. The third kappa shape index (κ3) is 4.22. The second-order valence-corrected chi connectivity index (χ2v) is 21.5. The predicted octanol–water partition coefficient (Wildman–Crippen LogP) is 13.9. The Kier molecular flexibility index (Phi) is 6.84. The van der Waals surface area contributed by atoms with E-state index in [9.17, 15) is 0 Å². The summed E-state index contributed by atoms with van der Waals surface area (Å²) < 4.78 is 0. The molecule has 1 spiro atoms. The number of benzene rings is 10. The highest BCUT2D eigenvalue weighted by molar-refractivity contribution is 7.03. The normalized spacial score (nSPS) is 15.0. The Morgan fingerprint density at radius 3 is 1.52 bits per heavy atom. The summed E-state index contributed by atoms with van der Waals surface area (Å²) >= 11 is 0. The maximum atomic E-state index is 2.58. The van der Waals surface area contributed by atoms with Crippen LogP contribution in [-0.4, -0.2) is 8.07 Å². The van der Waals surface area contributed by atoms with Gasteiger partial charge >= 0.3 is 0 Å². The van der Waals surface area contributed by atoms with E-state index >= 15 is 0 Å². The monoisotopic (exact) mass is 780 g/mol. The Hall–Kier alpha value is -7.20. The molecule has 1 aliphatic carbocycles. The van der Waals surface area contributed by atoms with Gasteiger partial charge in [0.25, 0.3) is 0 Å². The Morgan fingerprint density at radius 2 is 0.850 bits per heavy atom. The highest BCUT2D eigenvalue weighted by Gasteiger charge is 2.54. The zero-order valence-corrected chi connectivity index (χ0v) is 34.5. The lowest BCUT2D eigenvalue weighted by molar-refractivity contribution is 0.753. The van der Waals surface area contributed by atoms with Gasteiger partial charge in [-0.25, -0.2) is 0 Å². The average molecular weight is 781 g/mol. The molecule has 2 aliphatic heterocycles. The zero-order chi connectivity index (χ0) is 39.7. The number of hydrogen-bond acceptors (Lipinski definition) is 2. The molecule has 2 heterocycles. The molecule has 282 valence electrons. The molecule has 0 saturated heterocycles. The molecule has 0 amide bonds. The molecule has 0 radical (unpaired) electrons. The van der Waals surface area contributed by atoms with Crippen molar-refractivity contribution in [2.45, 2.75) is 18.5 Å². The highest BCUT2D eigenvalue weighted by atomic mass is 28.3. The summed E-state index contributed by atoms with van der Waals surface area (Å²) in [6, 6.07) is 77.7. The van der Waals surface area contributed by atoms with Crippen LogP contribution in [0.2, 0.25) is 13.1 Å². The smallest absolute Gasteiger partial charge is 0.118 e. The molecule has 0 fully saturated rings. The van der Waals surface area contributed by atoms with E-state index in [1.165, 1.54) is 110 Å². The standard InChI is InChI=1S/C57H40N2Si/c1-60(2)54-31-17-16-30-52(54)59(38-32-33-43-41-22-7-6-20-39(41)40-21-8-9-23-42(40)45(43)36-38)53-35-34-49-55(56(53)60)44-24-10-11-25-46(44)57(49)47-26-12-14-28-50(47)58(37-18-4-3-5-19-37)51-29-15-13-27-48(51)57/h3-36H,1-2H3. The lowest BCUT2D eigenvalue weighted by Crippen LogP contribution is -2.59. The average Bonchev–Trinajstić information content (AvgIpc) is 3.60. The second-order valence-electron chi connectivity index (χ2n) is 17.2. The van der Waals surface area contributed by atoms with Crippen molar-refractivity contribution in [3.8, 4) is 11.1 Å². The van der Waals surface area contributed by atoms with Crippen LogP contribution in [0.15, 0.2) is 206 Å². The lowest BCUT2D eigenvalue weighted by Gasteiger charge is -2.46. The predicted molar refractivity (Wildman–Crippen MR) is 256 cm³/mol. The van der Waals surface area contributed by atoms with Gasteiger partial charge in [0.2, 0.25) is 0 Å². The first-order valence-electron chi connectivity index (χ1n) is 21.1. The quantitative estimate of drug-likeness (QED) is 0.127. The summed E-state index contributed by atoms with van der Waals surface area (Å²) in [5, 5.41) is 10.7. The van der Waals surface area contributed by atoms with Crippen molar-refractivity contribution in [3.05, 3.63) is 229 Å². The summed E-state index contributed by atoms with van der Waals surface area (Å²) in [5.74, 6) is 0. The van der Waals surface area contributed by atoms with Gasteiger partial charge in [0.15, 0.2) is 0 Å². The molecule has 0 aromatic heterocycles. The fourth-order valence-electron chi connectivity index (χ4n) is 11.6. The summed E-state index contributed by atoms with van der Waals surface area (Å²) in [7, 11) is -2.35. The first-order valence-corrected chi connectivity index (χ1v) is 24.1. The van der Waals surface area contributed by atoms with E-state index in [1.54, 1.807) is 0 Å². The number of rotatable bonds is 2. The summed E-state index contributed by atoms with van der Waals surface area (Å²) in [6.07, 6.45) is 0. The molecule has 0 saturated carbocycles. The fourth-order valence-corrected chi connectivity index (χ4v) is 15.0. The van der Waals surface area contributed by atoms with E-state index in [1.807, 2.05) is 0 Å². The van der Waals surface area contributed by atoms with Crippen molar-refractivity contribution in [2.75, 3.05) is 9.80 Å². The molecular formula is C57H40N2Si. The van der Waals surface area contributed by atoms with Gasteiger partial charge in [-0.05, 0) is 125 Å². The first-order chi connectivity index (χ1) is 29.6. The van der Waals surface area contributed by atoms with Gasteiger partial charge in [-0.1, -0.05) is 171 Å². The molecule has 0 bridgehead atoms. The first kappa shape index (κ1) is 33.7. The van der Waals surface area contributed by atoms with Gasteiger partial charge in [0.05, 0.1) is 16.8 Å². The van der Waals surface area contributed by atoms with Crippen molar-refractivity contribution in [2.24, 2.45) is 0 Å². The van der Waals surface area contributed by atoms with Crippen molar-refractivity contribution >= 4 is 84.9 Å². The van der Waals surface area contributed by atoms with Crippen molar-refractivity contribution in [1.82, 2.24) is 0 Å². The topological polar surface area (TPSA) is 6.48 Å². The molecule has 3 aliphatic rings. The third-order valence-corrected chi connectivity index (χ3v) is 17.5. The third-order valence-electron chi connectivity index (χ3n) is 14.0. The number of para-hydroxylation sites is 4. The zero-order valence-electron chi connectivity index (χ0n) is 33.5. The molecule has 10 aromatic carbocycles. The van der Waals surface area contributed by atoms with Crippen LogP contribution in [0.4, 0.5) is 34.1 Å². The van der Waals surface area contributed by atoms with E-state index in [4.69, 9.17) is 0 Å². The van der Waals surface area contributed by atoms with Gasteiger partial charge < -0.3 is 9.80 Å². The molecule has 13 rings (SSSR count). The number of hydrogen-bond donors (Lipinski definition) is 0. The van der Waals surface area contributed by atoms with Crippen LogP contribution in [0.25, 0.3) is 43.4 Å². The van der Waals surface area contributed by atoms with E-state index in [0.717, 1.165) is 0 Å². The number of anilines is 6. The minimum absolute atomic E-state index is 0.505. The Morgan fingerprint density at radius 1 is 0.350 bits per heavy atom. The van der Waals surface area contributed by atoms with Crippen molar-refractivity contribution in [3.63, 3.8) is 0 Å². The fraction of sp³-hybridized carbons (Fsp3) is 0.0526. The van der Waals surface area contributed by atoms with E-state index in [0.29, 0.717) is 0 Å². The Bertz CT molecular complexity index is 3360. The molecular weight excluding hydrogens is 741 g/mol. The SMILES string of the molecule is C[Si]1(C)c2ccccc2N(c2ccc3c4ccccc4c4ccccc4c3c2)c2ccc3c(c21)-c1ccccc1C31c2ccccc2N(c2ccccc2)c2ccccc21. The van der Waals surface area contributed by atoms with Gasteiger partial charge in [0, 0.05) is 22.7 Å². The molecule has 2 nitrogen and oxygen atoms in total. The molecule has 3 heteroatoms. The van der Waals surface area contributed by atoms with E-state index in [-0.39, 0.29) is 0 Å². The summed E-state index contributed by atoms with van der Waals surface area (Å²) in [5.41, 5.74) is 15.0. The summed E-state index contributed by atoms with van der Waals surface area (Å²) in [4.78, 5) is 5.05. The van der Waals surface area contributed by atoms with Crippen LogP contribution < -0.4 is 20.2 Å². The molecule has 0 unspecified atom stereocenters. The van der Waals surface area contributed by atoms with Crippen LogP contribution in [0, 0.1) is 0 Å². The molecule has 60 heavy (non-hydrogen) atoms. The second kappa shape index (κ2) is 12.2. The van der Waals surface area contributed by atoms with Crippen molar-refractivity contribution < 1.29 is 0 Å². The van der Waals surface area contributed by atoms with Gasteiger partial charge in [-0.2, -0.15) is 0 Å². The Balaban J connectivity index is 1.12. The molecule has 0 N–H and O–H groups in total. The number of fused-ring (bicyclic) bond motifs is 18. The van der Waals surface area contributed by atoms with Gasteiger partial charge in [-0.3, -0.25) is 0 Å². The van der Waals surface area contributed by atoms with Gasteiger partial charge in [0.1, 0.15) is 8.07 Å². The maximum absolute atomic E-state index is 2.58. The van der Waals surface area contributed by atoms with E-state index < -0.39 is 13.5 Å². The highest BCUT2D eigenvalue weighted by Crippen LogP contribution is 2.64. The minimum atomic E-state index is -2.35.